The van der Waals surface area contributed by atoms with Gasteiger partial charge in [0.1, 0.15) is 6.10 Å². The molecule has 1 amide bonds. The topological polar surface area (TPSA) is 38.3 Å². The van der Waals surface area contributed by atoms with E-state index in [2.05, 4.69) is 5.32 Å². The highest BCUT2D eigenvalue weighted by Crippen LogP contribution is 2.21. The van der Waals surface area contributed by atoms with E-state index >= 15 is 0 Å². The molecule has 4 heteroatoms. The SMILES string of the molecule is O=C(Nc1ccccc1)OC1CSC1. The smallest absolute Gasteiger partial charge is 0.411 e. The minimum Gasteiger partial charge on any atom is -0.444 e. The first-order valence-corrected chi connectivity index (χ1v) is 5.60. The van der Waals surface area contributed by atoms with Crippen molar-refractivity contribution in [2.75, 3.05) is 16.8 Å². The molecule has 3 nitrogen and oxygen atoms in total. The first kappa shape index (κ1) is 9.40. The molecule has 0 saturated carbocycles. The van der Waals surface area contributed by atoms with Gasteiger partial charge in [-0.05, 0) is 12.1 Å². The van der Waals surface area contributed by atoms with Crippen molar-refractivity contribution >= 4 is 23.5 Å². The highest BCUT2D eigenvalue weighted by Gasteiger charge is 2.22. The molecule has 0 aromatic heterocycles. The number of thioether (sulfide) groups is 1. The fourth-order valence-corrected chi connectivity index (χ4v) is 1.67. The van der Waals surface area contributed by atoms with E-state index in [1.807, 2.05) is 30.3 Å². The van der Waals surface area contributed by atoms with E-state index in [0.29, 0.717) is 0 Å². The van der Waals surface area contributed by atoms with Crippen LogP contribution in [0.15, 0.2) is 30.3 Å². The van der Waals surface area contributed by atoms with Gasteiger partial charge in [0.15, 0.2) is 0 Å². The fraction of sp³-hybridized carbons (Fsp3) is 0.300. The third-order valence-corrected chi connectivity index (χ3v) is 3.12. The van der Waals surface area contributed by atoms with Gasteiger partial charge < -0.3 is 4.74 Å². The van der Waals surface area contributed by atoms with E-state index < -0.39 is 0 Å². The summed E-state index contributed by atoms with van der Waals surface area (Å²) in [5.41, 5.74) is 0.768. The van der Waals surface area contributed by atoms with Gasteiger partial charge in [0.05, 0.1) is 0 Å². The van der Waals surface area contributed by atoms with E-state index in [9.17, 15) is 4.79 Å². The molecule has 1 fully saturated rings. The minimum atomic E-state index is -0.360. The Bertz CT molecular complexity index is 311. The number of anilines is 1. The van der Waals surface area contributed by atoms with Crippen molar-refractivity contribution in [1.29, 1.82) is 0 Å². The van der Waals surface area contributed by atoms with Crippen LogP contribution < -0.4 is 5.32 Å². The highest BCUT2D eigenvalue weighted by molar-refractivity contribution is 8.00. The summed E-state index contributed by atoms with van der Waals surface area (Å²) in [6.45, 7) is 0. The Morgan fingerprint density at radius 3 is 2.64 bits per heavy atom. The molecule has 1 N–H and O–H groups in total. The number of hydrogen-bond donors (Lipinski definition) is 1. The second-order valence-corrected chi connectivity index (χ2v) is 4.13. The average Bonchev–Trinajstić information content (AvgIpc) is 2.13. The highest BCUT2D eigenvalue weighted by atomic mass is 32.2. The van der Waals surface area contributed by atoms with Crippen LogP contribution >= 0.6 is 11.8 Å². The second-order valence-electron chi connectivity index (χ2n) is 3.06. The Balaban J connectivity index is 1.82. The molecular formula is C10H11NO2S. The Hall–Kier alpha value is -1.16. The van der Waals surface area contributed by atoms with E-state index in [-0.39, 0.29) is 12.2 Å². The number of carbonyl (C=O) groups excluding carboxylic acids is 1. The van der Waals surface area contributed by atoms with Crippen LogP contribution in [0.25, 0.3) is 0 Å². The summed E-state index contributed by atoms with van der Waals surface area (Å²) in [5.74, 6) is 1.84. The number of benzene rings is 1. The van der Waals surface area contributed by atoms with E-state index in [0.717, 1.165) is 17.2 Å². The lowest BCUT2D eigenvalue weighted by atomic mass is 10.3. The van der Waals surface area contributed by atoms with Crippen LogP contribution in [0.3, 0.4) is 0 Å². The Morgan fingerprint density at radius 2 is 2.07 bits per heavy atom. The number of para-hydroxylation sites is 1. The van der Waals surface area contributed by atoms with Crippen LogP contribution in [0.1, 0.15) is 0 Å². The first-order valence-electron chi connectivity index (χ1n) is 4.45. The summed E-state index contributed by atoms with van der Waals surface area (Å²) in [7, 11) is 0. The van der Waals surface area contributed by atoms with Gasteiger partial charge in [-0.1, -0.05) is 18.2 Å². The summed E-state index contributed by atoms with van der Waals surface area (Å²) in [5, 5.41) is 2.67. The van der Waals surface area contributed by atoms with Gasteiger partial charge in [-0.15, -0.1) is 0 Å². The van der Waals surface area contributed by atoms with Crippen LogP contribution in [0.2, 0.25) is 0 Å². The second kappa shape index (κ2) is 4.37. The molecule has 2 rings (SSSR count). The maximum Gasteiger partial charge on any atom is 0.411 e. The Kier molecular flexibility index (Phi) is 2.93. The predicted octanol–water partition coefficient (Wildman–Crippen LogP) is 2.35. The maximum atomic E-state index is 11.3. The van der Waals surface area contributed by atoms with Crippen molar-refractivity contribution < 1.29 is 9.53 Å². The van der Waals surface area contributed by atoms with Gasteiger partial charge in [-0.3, -0.25) is 5.32 Å². The summed E-state index contributed by atoms with van der Waals surface area (Å²) < 4.78 is 5.12. The average molecular weight is 209 g/mol. The number of ether oxygens (including phenoxy) is 1. The number of rotatable bonds is 2. The Morgan fingerprint density at radius 1 is 1.36 bits per heavy atom. The van der Waals surface area contributed by atoms with Gasteiger partial charge in [0.2, 0.25) is 0 Å². The molecule has 0 bridgehead atoms. The molecule has 1 aliphatic heterocycles. The zero-order chi connectivity index (χ0) is 9.80. The normalized spacial score (nSPS) is 15.7. The molecule has 0 unspecified atom stereocenters. The monoisotopic (exact) mass is 209 g/mol. The molecule has 74 valence electrons. The lowest BCUT2D eigenvalue weighted by Gasteiger charge is -2.24. The summed E-state index contributed by atoms with van der Waals surface area (Å²) in [6.07, 6.45) is -0.259. The Labute approximate surface area is 86.8 Å². The molecule has 1 aromatic carbocycles. The summed E-state index contributed by atoms with van der Waals surface area (Å²) >= 11 is 1.79. The number of nitrogens with one attached hydrogen (secondary N) is 1. The largest absolute Gasteiger partial charge is 0.444 e. The van der Waals surface area contributed by atoms with Crippen LogP contribution in [0.5, 0.6) is 0 Å². The van der Waals surface area contributed by atoms with Crippen molar-refractivity contribution in [2.24, 2.45) is 0 Å². The lowest BCUT2D eigenvalue weighted by molar-refractivity contribution is 0.129. The zero-order valence-electron chi connectivity index (χ0n) is 7.60. The molecule has 0 radical (unpaired) electrons. The quantitative estimate of drug-likeness (QED) is 0.812. The van der Waals surface area contributed by atoms with Crippen LogP contribution in [-0.4, -0.2) is 23.7 Å². The standard InChI is InChI=1S/C10H11NO2S/c12-10(13-9-6-14-7-9)11-8-4-2-1-3-5-8/h1-5,9H,6-7H2,(H,11,12). The van der Waals surface area contributed by atoms with Crippen molar-refractivity contribution in [3.05, 3.63) is 30.3 Å². The summed E-state index contributed by atoms with van der Waals surface area (Å²) in [4.78, 5) is 11.3. The third kappa shape index (κ3) is 2.42. The van der Waals surface area contributed by atoms with Crippen LogP contribution in [-0.2, 0) is 4.74 Å². The molecule has 0 aliphatic carbocycles. The predicted molar refractivity (Wildman–Crippen MR) is 57.7 cm³/mol. The molecule has 0 atom stereocenters. The van der Waals surface area contributed by atoms with Crippen molar-refractivity contribution in [3.8, 4) is 0 Å². The molecule has 1 aromatic rings. The number of carbonyl (C=O) groups is 1. The summed E-state index contributed by atoms with van der Waals surface area (Å²) in [6, 6.07) is 9.30. The number of amides is 1. The van der Waals surface area contributed by atoms with Crippen molar-refractivity contribution in [2.45, 2.75) is 6.10 Å². The number of hydrogen-bond acceptors (Lipinski definition) is 3. The van der Waals surface area contributed by atoms with Gasteiger partial charge >= 0.3 is 6.09 Å². The fourth-order valence-electron chi connectivity index (χ4n) is 1.10. The zero-order valence-corrected chi connectivity index (χ0v) is 8.42. The molecule has 0 spiro atoms. The van der Waals surface area contributed by atoms with Crippen LogP contribution in [0.4, 0.5) is 10.5 Å². The van der Waals surface area contributed by atoms with E-state index in [4.69, 9.17) is 4.74 Å². The molecule has 14 heavy (non-hydrogen) atoms. The molecular weight excluding hydrogens is 198 g/mol. The molecule has 1 aliphatic rings. The van der Waals surface area contributed by atoms with Crippen molar-refractivity contribution in [3.63, 3.8) is 0 Å². The first-order chi connectivity index (χ1) is 6.84. The van der Waals surface area contributed by atoms with E-state index in [1.54, 1.807) is 11.8 Å². The van der Waals surface area contributed by atoms with Gasteiger partial charge in [-0.25, -0.2) is 4.79 Å². The van der Waals surface area contributed by atoms with Crippen LogP contribution in [0, 0.1) is 0 Å². The minimum absolute atomic E-state index is 0.101. The lowest BCUT2D eigenvalue weighted by Crippen LogP contribution is -2.32. The molecule has 1 saturated heterocycles. The van der Waals surface area contributed by atoms with Gasteiger partial charge in [-0.2, -0.15) is 11.8 Å². The third-order valence-electron chi connectivity index (χ3n) is 1.90. The van der Waals surface area contributed by atoms with E-state index in [1.165, 1.54) is 0 Å². The molecule has 1 heterocycles. The van der Waals surface area contributed by atoms with Gasteiger partial charge in [0.25, 0.3) is 0 Å². The van der Waals surface area contributed by atoms with Gasteiger partial charge in [0, 0.05) is 17.2 Å². The maximum absolute atomic E-state index is 11.3. The van der Waals surface area contributed by atoms with Crippen molar-refractivity contribution in [1.82, 2.24) is 0 Å².